The lowest BCUT2D eigenvalue weighted by Crippen LogP contribution is -2.63. The number of anilines is 1. The highest BCUT2D eigenvalue weighted by molar-refractivity contribution is 7.80. The number of aliphatic hydroxyl groups is 5. The van der Waals surface area contributed by atoms with Gasteiger partial charge in [0.25, 0.3) is 11.8 Å². The number of ether oxygens (including phenoxy) is 5. The summed E-state index contributed by atoms with van der Waals surface area (Å²) in [5.41, 5.74) is 39.4. The molecule has 2 aliphatic rings. The molecule has 8 amide bonds. The predicted molar refractivity (Wildman–Crippen MR) is 378 cm³/mol. The van der Waals surface area contributed by atoms with E-state index in [0.717, 1.165) is 0 Å². The van der Waals surface area contributed by atoms with E-state index < -0.39 is 191 Å². The third kappa shape index (κ3) is 29.1. The summed E-state index contributed by atoms with van der Waals surface area (Å²) in [6.45, 7) is 10.4. The number of unbranched alkanes of at least 4 members (excludes halogenated alkanes) is 1. The van der Waals surface area contributed by atoms with Gasteiger partial charge >= 0.3 is 26.9 Å². The molecule has 19 atom stereocenters. The van der Waals surface area contributed by atoms with Crippen molar-refractivity contribution >= 4 is 103 Å². The molecule has 46 nitrogen and oxygen atoms in total. The molecule has 4 aromatic rings. The lowest BCUT2D eigenvalue weighted by molar-refractivity contribution is -0.360. The third-order valence-corrected chi connectivity index (χ3v) is 18.3. The maximum Gasteiger partial charge on any atom is 0.404 e. The highest BCUT2D eigenvalue weighted by Crippen LogP contribution is 2.40. The van der Waals surface area contributed by atoms with Crippen molar-refractivity contribution in [3.8, 4) is 10.7 Å². The molecule has 2 aliphatic heterocycles. The number of carbonyl (C=O) groups excluding carboxylic acids is 8. The Morgan fingerprint density at radius 2 is 1.42 bits per heavy atom. The number of nitrogens with two attached hydrogens (primary N) is 7. The van der Waals surface area contributed by atoms with Gasteiger partial charge in [-0.15, -0.1) is 22.7 Å². The molecule has 50 heteroatoms. The zero-order chi connectivity index (χ0) is 81.4. The van der Waals surface area contributed by atoms with Gasteiger partial charge in [-0.2, -0.15) is 16.8 Å². The van der Waals surface area contributed by atoms with E-state index in [2.05, 4.69) is 66.8 Å². The van der Waals surface area contributed by atoms with E-state index in [0.29, 0.717) is 48.1 Å². The molecule has 4 aromatic heterocycles. The first-order valence-electron chi connectivity index (χ1n) is 32.8. The van der Waals surface area contributed by atoms with Crippen LogP contribution in [0.15, 0.2) is 28.3 Å². The quantitative estimate of drug-likeness (QED) is 0.00872. The molecule has 0 spiro atoms. The maximum atomic E-state index is 15.3. The Hall–Kier alpha value is -8.52. The van der Waals surface area contributed by atoms with Crippen molar-refractivity contribution in [2.75, 3.05) is 38.5 Å². The van der Waals surface area contributed by atoms with Gasteiger partial charge in [0.2, 0.25) is 29.5 Å². The van der Waals surface area contributed by atoms with Crippen LogP contribution < -0.4 is 72.0 Å². The second-order valence-electron chi connectivity index (χ2n) is 24.6. The highest BCUT2D eigenvalue weighted by Gasteiger charge is 2.52. The number of nitrogen functional groups attached to an aromatic ring is 1. The standard InChI is InChI=1S/C58H90N20O18S2.2H2O4S/c1-8-33-22(2)23(3)43(94-55-42(84)45(96-58(65)91)41(83)34(18-79)93-55)56(92-33)95-44(30-17-66-21-71-30)39(77-52(89)37-24(4)46(61)78-48(75-37)29(15-35(60)81)70-16-28(59)47(62)85)53(90)72-26(6)40(82)25(5)49(86)76-38(27(7)80)51(88)68-14-11-36-73-32(20-97-36)54-74-31(19-98-54)50(87)67-12-9-10-13-69-57(63)64;2*1-5(2,3)4/h17,19-23,25-29,33-34,38-45,55-56,70,79-80,82-84H,8-16,18,59H2,1-7H3,(H2,60,81)(H2,62,85)(H2,65,91)(H,66,71)(H,67,87)(H,68,88)(H,72,90)(H,76,86)(H,77,89)(H2,61,75,78)(H4,63,64,69);2*(H2,1,2,3,4)/t22?,23?,25?,26?,27?,28?,29?,33?,34?,38?,39?,40?,41?,42?,43?,44?,45-,55-,56?;;/m0../s1. The van der Waals surface area contributed by atoms with E-state index in [4.69, 9.17) is 98.9 Å². The summed E-state index contributed by atoms with van der Waals surface area (Å²) in [7, 11) is -9.33. The molecule has 606 valence electrons. The van der Waals surface area contributed by atoms with Crippen molar-refractivity contribution in [3.63, 3.8) is 0 Å². The molecule has 0 aromatic carbocycles. The zero-order valence-electron chi connectivity index (χ0n) is 59.2. The molecule has 30 N–H and O–H groups in total. The van der Waals surface area contributed by atoms with Crippen molar-refractivity contribution in [2.45, 2.75) is 178 Å². The monoisotopic (exact) mass is 1610 g/mol. The van der Waals surface area contributed by atoms with Crippen LogP contribution in [0.4, 0.5) is 10.6 Å². The van der Waals surface area contributed by atoms with Crippen LogP contribution in [0.25, 0.3) is 10.7 Å². The first kappa shape index (κ1) is 91.9. The van der Waals surface area contributed by atoms with E-state index in [-0.39, 0.29) is 65.9 Å². The summed E-state index contributed by atoms with van der Waals surface area (Å²) in [6, 6.07) is -7.42. The zero-order valence-corrected chi connectivity index (χ0v) is 62.4. The lowest BCUT2D eigenvalue weighted by atomic mass is 9.82. The number of aromatic nitrogens is 6. The van der Waals surface area contributed by atoms with Crippen LogP contribution in [0, 0.1) is 24.7 Å². The average Bonchev–Trinajstić information content (AvgIpc) is 0.861. The number of hydrogen-bond acceptors (Lipinski definition) is 33. The third-order valence-electron chi connectivity index (χ3n) is 16.5. The van der Waals surface area contributed by atoms with Gasteiger partial charge in [0, 0.05) is 55.3 Å². The average molecular weight is 1620 g/mol. The number of H-pyrrole nitrogens is 1. The number of amides is 8. The normalized spacial score (nSPS) is 22.5. The topological polar surface area (TPSA) is 780 Å². The number of aromatic amines is 1. The molecule has 0 aliphatic carbocycles. The fourth-order valence-corrected chi connectivity index (χ4v) is 12.2. The van der Waals surface area contributed by atoms with E-state index >= 15 is 9.59 Å². The van der Waals surface area contributed by atoms with Gasteiger partial charge in [0.1, 0.15) is 76.3 Å². The fourth-order valence-electron chi connectivity index (χ4n) is 10.6. The summed E-state index contributed by atoms with van der Waals surface area (Å²) in [5, 5.41) is 75.8. The molecule has 2 saturated heterocycles. The first-order chi connectivity index (χ1) is 50.3. The van der Waals surface area contributed by atoms with Crippen molar-refractivity contribution in [2.24, 2.45) is 57.1 Å². The number of nitrogens with zero attached hydrogens (tertiary/aromatic N) is 6. The summed E-state index contributed by atoms with van der Waals surface area (Å²) < 4.78 is 93.8. The number of carbonyl (C=O) groups is 8. The van der Waals surface area contributed by atoms with Gasteiger partial charge in [0.05, 0.1) is 72.2 Å². The molecule has 6 heterocycles. The Labute approximate surface area is 625 Å². The van der Waals surface area contributed by atoms with Gasteiger partial charge < -0.3 is 126 Å². The first-order valence-corrected chi connectivity index (χ1v) is 37.3. The molecule has 0 bridgehead atoms. The fraction of sp³-hybridized carbons (Fsp3) is 0.621. The Morgan fingerprint density at radius 1 is 0.769 bits per heavy atom. The number of thiazole rings is 2. The number of primary amides is 3. The molecule has 0 radical (unpaired) electrons. The van der Waals surface area contributed by atoms with E-state index in [1.807, 2.05) is 13.8 Å². The summed E-state index contributed by atoms with van der Waals surface area (Å²) >= 11 is 2.50. The number of imidazole rings is 1. The minimum absolute atomic E-state index is 0.00652. The minimum atomic E-state index is -4.67. The Bertz CT molecular complexity index is 3870. The van der Waals surface area contributed by atoms with Crippen molar-refractivity contribution in [1.82, 2.24) is 61.8 Å². The molecule has 17 unspecified atom stereocenters. The number of rotatable bonds is 36. The smallest absolute Gasteiger partial charge is 0.404 e. The number of hydrogen-bond donors (Lipinski definition) is 23. The number of guanidine groups is 1. The SMILES string of the molecule is CCC1OC(OC(c2cnc[nH]2)C(NC(=O)c2nc(C(CC(N)=O)NCC(N)C(N)=O)nc(N)c2C)C(=O)NC(C)C(O)C(C)C(=O)NC(C(=O)NCCc2nc(-c3nc(C(=O)NCCCCN=C(N)N)cs3)cs2)C(C)O)C(O[C@@H]2OC(CO)C(O)[C@H](OC(N)=O)C2O)C(C)C1C.O=S(=O)(O)O.O=S(=O)(O)O. The van der Waals surface area contributed by atoms with Gasteiger partial charge in [-0.3, -0.25) is 56.8 Å². The second-order valence-corrected chi connectivity index (χ2v) is 28.2. The minimum Gasteiger partial charge on any atom is -0.441 e. The van der Waals surface area contributed by atoms with Gasteiger partial charge in [0.15, 0.2) is 24.6 Å². The lowest BCUT2D eigenvalue weighted by Gasteiger charge is -2.48. The van der Waals surface area contributed by atoms with E-state index in [1.54, 1.807) is 17.7 Å². The van der Waals surface area contributed by atoms with Gasteiger partial charge in [-0.05, 0) is 51.9 Å². The maximum absolute atomic E-state index is 15.3. The Morgan fingerprint density at radius 3 is 1.99 bits per heavy atom. The van der Waals surface area contributed by atoms with Crippen LogP contribution in [0.2, 0.25) is 0 Å². The van der Waals surface area contributed by atoms with Crippen molar-refractivity contribution in [3.05, 3.63) is 56.8 Å². The molecular formula is C58H94N20O26S4. The molecular weight excluding hydrogens is 1520 g/mol. The predicted octanol–water partition coefficient (Wildman–Crippen LogP) is -6.26. The van der Waals surface area contributed by atoms with Gasteiger partial charge in [-0.1, -0.05) is 27.7 Å². The van der Waals surface area contributed by atoms with Gasteiger partial charge in [-0.25, -0.2) is 29.7 Å². The van der Waals surface area contributed by atoms with Crippen LogP contribution in [0.1, 0.15) is 122 Å². The van der Waals surface area contributed by atoms with Crippen LogP contribution in [-0.2, 0) is 74.9 Å². The largest absolute Gasteiger partial charge is 0.441 e. The van der Waals surface area contributed by atoms with Crippen molar-refractivity contribution in [1.29, 1.82) is 0 Å². The van der Waals surface area contributed by atoms with Crippen LogP contribution >= 0.6 is 22.7 Å². The molecule has 2 fully saturated rings. The number of aliphatic imine (C=N–C) groups is 1. The second kappa shape index (κ2) is 42.4. The summed E-state index contributed by atoms with van der Waals surface area (Å²) in [5.74, 6) is -9.05. The van der Waals surface area contributed by atoms with E-state index in [9.17, 15) is 54.3 Å². The van der Waals surface area contributed by atoms with E-state index in [1.165, 1.54) is 62.9 Å². The van der Waals surface area contributed by atoms with Crippen LogP contribution in [0.5, 0.6) is 0 Å². The Balaban J connectivity index is 0.00000230. The number of nitrogens with one attached hydrogen (secondary N) is 7. The highest BCUT2D eigenvalue weighted by atomic mass is 32.3. The summed E-state index contributed by atoms with van der Waals surface area (Å²) in [4.78, 5) is 136. The number of aliphatic hydroxyl groups excluding tert-OH is 5. The molecule has 108 heavy (non-hydrogen) atoms. The summed E-state index contributed by atoms with van der Waals surface area (Å²) in [6.07, 6.45) is -14.8. The molecule has 0 saturated carbocycles. The van der Waals surface area contributed by atoms with Crippen LogP contribution in [0.3, 0.4) is 0 Å². The van der Waals surface area contributed by atoms with Crippen molar-refractivity contribution < 1.29 is 123 Å². The van der Waals surface area contributed by atoms with Crippen LogP contribution in [-0.4, -0.2) is 262 Å². The Kier molecular flexibility index (Phi) is 36.1. The molecule has 6 rings (SSSR count).